The van der Waals surface area contributed by atoms with Crippen LogP contribution in [-0.2, 0) is 14.8 Å². The van der Waals surface area contributed by atoms with Crippen molar-refractivity contribution in [1.29, 1.82) is 0 Å². The van der Waals surface area contributed by atoms with E-state index in [9.17, 15) is 13.2 Å². The third-order valence-electron chi connectivity index (χ3n) is 3.87. The molecule has 0 aliphatic carbocycles. The Bertz CT molecular complexity index is 655. The van der Waals surface area contributed by atoms with Gasteiger partial charge in [-0.15, -0.1) is 24.2 Å². The molecule has 2 rings (SSSR count). The number of sulfonamides is 1. The highest BCUT2D eigenvalue weighted by molar-refractivity contribution is 7.98. The zero-order chi connectivity index (χ0) is 16.9. The molecule has 1 fully saturated rings. The average molecular weight is 395 g/mol. The molecule has 1 atom stereocenters. The van der Waals surface area contributed by atoms with Gasteiger partial charge in [0.2, 0.25) is 10.0 Å². The van der Waals surface area contributed by atoms with Gasteiger partial charge in [-0.2, -0.15) is 4.31 Å². The topological polar surface area (TPSA) is 86.7 Å². The highest BCUT2D eigenvalue weighted by atomic mass is 35.5. The van der Waals surface area contributed by atoms with Crippen molar-refractivity contribution in [2.75, 3.05) is 32.4 Å². The lowest BCUT2D eigenvalue weighted by Crippen LogP contribution is -2.43. The number of carbonyl (C=O) groups is 1. The number of benzene rings is 1. The van der Waals surface area contributed by atoms with Crippen molar-refractivity contribution < 1.29 is 18.3 Å². The SMILES string of the molecule is CSc1cccc(S(=O)(=O)N2CCCC(CNCC(=O)O)C2)c1.Cl. The molecule has 0 bridgehead atoms. The quantitative estimate of drug-likeness (QED) is 0.687. The molecule has 1 heterocycles. The summed E-state index contributed by atoms with van der Waals surface area (Å²) in [6.45, 7) is 1.36. The summed E-state index contributed by atoms with van der Waals surface area (Å²) in [4.78, 5) is 11.8. The fraction of sp³-hybridized carbons (Fsp3) is 0.533. The molecular formula is C15H23ClN2O4S2. The monoisotopic (exact) mass is 394 g/mol. The van der Waals surface area contributed by atoms with Crippen LogP contribution in [0.1, 0.15) is 12.8 Å². The third kappa shape index (κ3) is 5.63. The molecule has 1 aromatic carbocycles. The maximum absolute atomic E-state index is 12.8. The van der Waals surface area contributed by atoms with Crippen LogP contribution < -0.4 is 5.32 Å². The first-order chi connectivity index (χ1) is 10.9. The Morgan fingerprint density at radius 3 is 2.88 bits per heavy atom. The van der Waals surface area contributed by atoms with Crippen molar-refractivity contribution in [3.05, 3.63) is 24.3 Å². The predicted molar refractivity (Wildman–Crippen MR) is 97.5 cm³/mol. The van der Waals surface area contributed by atoms with Crippen molar-refractivity contribution >= 4 is 40.2 Å². The number of piperidine rings is 1. The minimum atomic E-state index is -3.49. The molecule has 6 nitrogen and oxygen atoms in total. The summed E-state index contributed by atoms with van der Waals surface area (Å²) in [5.41, 5.74) is 0. The minimum Gasteiger partial charge on any atom is -0.480 e. The van der Waals surface area contributed by atoms with Crippen LogP contribution in [-0.4, -0.2) is 56.2 Å². The summed E-state index contributed by atoms with van der Waals surface area (Å²) >= 11 is 1.51. The molecule has 0 radical (unpaired) electrons. The number of nitrogens with zero attached hydrogens (tertiary/aromatic N) is 1. The smallest absolute Gasteiger partial charge is 0.317 e. The number of rotatable bonds is 7. The maximum Gasteiger partial charge on any atom is 0.317 e. The van der Waals surface area contributed by atoms with E-state index < -0.39 is 16.0 Å². The van der Waals surface area contributed by atoms with E-state index in [1.54, 1.807) is 18.2 Å². The van der Waals surface area contributed by atoms with Crippen molar-refractivity contribution in [2.24, 2.45) is 5.92 Å². The van der Waals surface area contributed by atoms with Crippen LogP contribution in [0.3, 0.4) is 0 Å². The summed E-state index contributed by atoms with van der Waals surface area (Å²) in [6.07, 6.45) is 3.61. The molecule has 136 valence electrons. The van der Waals surface area contributed by atoms with Gasteiger partial charge in [-0.25, -0.2) is 8.42 Å². The normalized spacial score (nSPS) is 18.8. The Labute approximate surface area is 153 Å². The van der Waals surface area contributed by atoms with E-state index in [2.05, 4.69) is 5.32 Å². The first kappa shape index (κ1) is 21.2. The zero-order valence-corrected chi connectivity index (χ0v) is 15.9. The summed E-state index contributed by atoms with van der Waals surface area (Å²) in [7, 11) is -3.49. The standard InChI is InChI=1S/C15H22N2O4S2.ClH/c1-22-13-5-2-6-14(8-13)23(20,21)17-7-3-4-12(11-17)9-16-10-15(18)19;/h2,5-6,8,12,16H,3-4,7,9-11H2,1H3,(H,18,19);1H. The molecule has 24 heavy (non-hydrogen) atoms. The first-order valence-electron chi connectivity index (χ1n) is 7.50. The predicted octanol–water partition coefficient (Wildman–Crippen LogP) is 1.91. The molecule has 1 saturated heterocycles. The fourth-order valence-electron chi connectivity index (χ4n) is 2.71. The minimum absolute atomic E-state index is 0. The highest BCUT2D eigenvalue weighted by Crippen LogP contribution is 2.26. The Morgan fingerprint density at radius 2 is 2.21 bits per heavy atom. The van der Waals surface area contributed by atoms with Crippen molar-refractivity contribution in [1.82, 2.24) is 9.62 Å². The van der Waals surface area contributed by atoms with Crippen LogP contribution in [0.5, 0.6) is 0 Å². The van der Waals surface area contributed by atoms with Crippen molar-refractivity contribution in [3.8, 4) is 0 Å². The van der Waals surface area contributed by atoms with Crippen LogP contribution in [0, 0.1) is 5.92 Å². The Balaban J connectivity index is 0.00000288. The number of hydrogen-bond acceptors (Lipinski definition) is 5. The summed E-state index contributed by atoms with van der Waals surface area (Å²) < 4.78 is 27.1. The van der Waals surface area contributed by atoms with E-state index in [1.165, 1.54) is 16.1 Å². The van der Waals surface area contributed by atoms with Gasteiger partial charge in [0.15, 0.2) is 0 Å². The number of thioether (sulfide) groups is 1. The second kappa shape index (κ2) is 9.62. The van der Waals surface area contributed by atoms with Crippen LogP contribution >= 0.6 is 24.2 Å². The van der Waals surface area contributed by atoms with Crippen LogP contribution in [0.2, 0.25) is 0 Å². The van der Waals surface area contributed by atoms with Gasteiger partial charge in [0.05, 0.1) is 11.4 Å². The van der Waals surface area contributed by atoms with E-state index >= 15 is 0 Å². The molecule has 1 unspecified atom stereocenters. The maximum atomic E-state index is 12.8. The lowest BCUT2D eigenvalue weighted by molar-refractivity contribution is -0.136. The highest BCUT2D eigenvalue weighted by Gasteiger charge is 2.30. The molecule has 2 N–H and O–H groups in total. The Hall–Kier alpha value is -0.800. The van der Waals surface area contributed by atoms with Crippen LogP contribution in [0.15, 0.2) is 34.1 Å². The fourth-order valence-corrected chi connectivity index (χ4v) is 4.84. The van der Waals surface area contributed by atoms with E-state index in [-0.39, 0.29) is 24.9 Å². The zero-order valence-electron chi connectivity index (χ0n) is 13.5. The largest absolute Gasteiger partial charge is 0.480 e. The molecular weight excluding hydrogens is 372 g/mol. The van der Waals surface area contributed by atoms with Gasteiger partial charge >= 0.3 is 5.97 Å². The lowest BCUT2D eigenvalue weighted by Gasteiger charge is -2.32. The Kier molecular flexibility index (Phi) is 8.52. The molecule has 0 aromatic heterocycles. The van der Waals surface area contributed by atoms with E-state index in [1.807, 2.05) is 12.3 Å². The van der Waals surface area contributed by atoms with Gasteiger partial charge in [0.1, 0.15) is 0 Å². The molecule has 0 spiro atoms. The Morgan fingerprint density at radius 1 is 1.46 bits per heavy atom. The molecule has 1 aromatic rings. The third-order valence-corrected chi connectivity index (χ3v) is 6.46. The summed E-state index contributed by atoms with van der Waals surface area (Å²) in [5.74, 6) is -0.763. The van der Waals surface area contributed by atoms with Gasteiger partial charge in [-0.05, 0) is 49.8 Å². The van der Waals surface area contributed by atoms with Crippen LogP contribution in [0.25, 0.3) is 0 Å². The van der Waals surface area contributed by atoms with Crippen molar-refractivity contribution in [2.45, 2.75) is 22.6 Å². The average Bonchev–Trinajstić information content (AvgIpc) is 2.55. The van der Waals surface area contributed by atoms with Gasteiger partial charge in [-0.1, -0.05) is 6.07 Å². The van der Waals surface area contributed by atoms with Crippen molar-refractivity contribution in [3.63, 3.8) is 0 Å². The number of carboxylic acid groups (broad SMARTS) is 1. The van der Waals surface area contributed by atoms with E-state index in [0.29, 0.717) is 24.5 Å². The molecule has 9 heteroatoms. The second-order valence-electron chi connectivity index (χ2n) is 5.57. The van der Waals surface area contributed by atoms with Gasteiger partial charge in [-0.3, -0.25) is 4.79 Å². The molecule has 0 amide bonds. The number of halogens is 1. The number of hydrogen-bond donors (Lipinski definition) is 2. The lowest BCUT2D eigenvalue weighted by atomic mass is 10.00. The number of nitrogens with one attached hydrogen (secondary N) is 1. The second-order valence-corrected chi connectivity index (χ2v) is 8.39. The molecule has 1 aliphatic rings. The van der Waals surface area contributed by atoms with Gasteiger partial charge in [0, 0.05) is 18.0 Å². The van der Waals surface area contributed by atoms with Crippen LogP contribution in [0.4, 0.5) is 0 Å². The summed E-state index contributed by atoms with van der Waals surface area (Å²) in [5, 5.41) is 11.5. The molecule has 0 saturated carbocycles. The summed E-state index contributed by atoms with van der Waals surface area (Å²) in [6, 6.07) is 6.97. The first-order valence-corrected chi connectivity index (χ1v) is 10.2. The van der Waals surface area contributed by atoms with E-state index in [0.717, 1.165) is 17.7 Å². The van der Waals surface area contributed by atoms with Gasteiger partial charge in [0.25, 0.3) is 0 Å². The molecule has 1 aliphatic heterocycles. The van der Waals surface area contributed by atoms with E-state index in [4.69, 9.17) is 5.11 Å². The van der Waals surface area contributed by atoms with Gasteiger partial charge < -0.3 is 10.4 Å². The number of carboxylic acids is 1. The number of aliphatic carboxylic acids is 1.